The van der Waals surface area contributed by atoms with Crippen molar-refractivity contribution in [3.8, 4) is 17.2 Å². The number of tetrazole rings is 1. The van der Waals surface area contributed by atoms with Crippen LogP contribution >= 0.6 is 11.6 Å². The van der Waals surface area contributed by atoms with Gasteiger partial charge in [0, 0.05) is 17.1 Å². The summed E-state index contributed by atoms with van der Waals surface area (Å²) in [4.78, 5) is 12.7. The summed E-state index contributed by atoms with van der Waals surface area (Å²) in [5.74, 6) is 1.01. The highest BCUT2D eigenvalue weighted by Crippen LogP contribution is 2.24. The first-order chi connectivity index (χ1) is 12.6. The summed E-state index contributed by atoms with van der Waals surface area (Å²) in [6, 6.07) is 10.3. The molecule has 1 amide bonds. The third-order valence-corrected chi connectivity index (χ3v) is 3.96. The fraction of sp³-hybridized carbons (Fsp3) is 0.176. The lowest BCUT2D eigenvalue weighted by molar-refractivity contribution is 0.0950. The average Bonchev–Trinajstić information content (AvgIpc) is 3.20. The maximum Gasteiger partial charge on any atom is 0.253 e. The summed E-state index contributed by atoms with van der Waals surface area (Å²) < 4.78 is 11.9. The molecule has 1 heterocycles. The van der Waals surface area contributed by atoms with Gasteiger partial charge in [-0.15, -0.1) is 5.10 Å². The van der Waals surface area contributed by atoms with Crippen LogP contribution in [0.5, 0.6) is 11.5 Å². The summed E-state index contributed by atoms with van der Waals surface area (Å²) in [6.07, 6.45) is 1.41. The molecular formula is C17H16ClN5O3. The molecule has 2 aromatic carbocycles. The Hall–Kier alpha value is -3.13. The molecule has 0 aliphatic heterocycles. The number of hydrogen-bond acceptors (Lipinski definition) is 6. The van der Waals surface area contributed by atoms with Gasteiger partial charge in [-0.25, -0.2) is 0 Å². The molecule has 8 nitrogen and oxygen atoms in total. The van der Waals surface area contributed by atoms with Crippen LogP contribution in [0, 0.1) is 0 Å². The van der Waals surface area contributed by atoms with Crippen molar-refractivity contribution in [1.82, 2.24) is 25.5 Å². The summed E-state index contributed by atoms with van der Waals surface area (Å²) in [5, 5.41) is 14.3. The van der Waals surface area contributed by atoms with Crippen LogP contribution in [0.25, 0.3) is 5.69 Å². The minimum absolute atomic E-state index is 0.251. The van der Waals surface area contributed by atoms with Crippen molar-refractivity contribution in [2.24, 2.45) is 0 Å². The second kappa shape index (κ2) is 7.83. The van der Waals surface area contributed by atoms with Crippen LogP contribution in [0.3, 0.4) is 0 Å². The number of carbonyl (C=O) groups excluding carboxylic acids is 1. The van der Waals surface area contributed by atoms with Gasteiger partial charge < -0.3 is 14.8 Å². The van der Waals surface area contributed by atoms with Crippen LogP contribution in [0.15, 0.2) is 42.7 Å². The molecular weight excluding hydrogens is 358 g/mol. The Balaban J connectivity index is 1.84. The van der Waals surface area contributed by atoms with Crippen molar-refractivity contribution in [2.45, 2.75) is 6.54 Å². The molecule has 134 valence electrons. The molecule has 0 atom stereocenters. The second-order valence-corrected chi connectivity index (χ2v) is 5.71. The van der Waals surface area contributed by atoms with Crippen molar-refractivity contribution in [2.75, 3.05) is 14.2 Å². The first-order valence-electron chi connectivity index (χ1n) is 7.64. The highest BCUT2D eigenvalue weighted by Gasteiger charge is 2.15. The number of halogens is 1. The maximum atomic E-state index is 12.7. The lowest BCUT2D eigenvalue weighted by atomic mass is 10.1. The molecule has 0 aliphatic carbocycles. The molecule has 0 fully saturated rings. The largest absolute Gasteiger partial charge is 0.497 e. The molecule has 0 bridgehead atoms. The van der Waals surface area contributed by atoms with Crippen molar-refractivity contribution in [3.05, 3.63) is 58.9 Å². The average molecular weight is 374 g/mol. The fourth-order valence-electron chi connectivity index (χ4n) is 2.45. The smallest absolute Gasteiger partial charge is 0.253 e. The third-order valence-electron chi connectivity index (χ3n) is 3.73. The highest BCUT2D eigenvalue weighted by atomic mass is 35.5. The number of methoxy groups -OCH3 is 2. The number of hydrogen-bond donors (Lipinski definition) is 1. The zero-order valence-corrected chi connectivity index (χ0v) is 14.9. The van der Waals surface area contributed by atoms with Crippen LogP contribution in [-0.2, 0) is 6.54 Å². The Morgan fingerprint density at radius 1 is 1.19 bits per heavy atom. The van der Waals surface area contributed by atoms with Crippen LogP contribution in [0.2, 0.25) is 5.02 Å². The lowest BCUT2D eigenvalue weighted by Crippen LogP contribution is -2.24. The monoisotopic (exact) mass is 373 g/mol. The van der Waals surface area contributed by atoms with E-state index in [4.69, 9.17) is 21.1 Å². The Labute approximate surface area is 154 Å². The molecule has 0 spiro atoms. The number of carbonyl (C=O) groups is 1. The molecule has 3 aromatic rings. The molecule has 3 rings (SSSR count). The van der Waals surface area contributed by atoms with Crippen LogP contribution in [0.1, 0.15) is 15.9 Å². The van der Waals surface area contributed by atoms with Crippen LogP contribution in [0.4, 0.5) is 0 Å². The van der Waals surface area contributed by atoms with E-state index >= 15 is 0 Å². The predicted molar refractivity (Wildman–Crippen MR) is 94.9 cm³/mol. The normalized spacial score (nSPS) is 10.4. The SMILES string of the molecule is COc1ccc(OC)c(CNC(=O)c2cc(Cl)ccc2-n2cnnn2)c1. The van der Waals surface area contributed by atoms with Gasteiger partial charge in [-0.05, 0) is 46.8 Å². The van der Waals surface area contributed by atoms with Gasteiger partial charge in [-0.3, -0.25) is 4.79 Å². The zero-order valence-electron chi connectivity index (χ0n) is 14.1. The summed E-state index contributed by atoms with van der Waals surface area (Å²) in [7, 11) is 3.15. The molecule has 0 radical (unpaired) electrons. The molecule has 0 aliphatic rings. The number of aromatic nitrogens is 4. The van der Waals surface area contributed by atoms with E-state index in [2.05, 4.69) is 20.8 Å². The van der Waals surface area contributed by atoms with E-state index in [1.165, 1.54) is 11.0 Å². The van der Waals surface area contributed by atoms with Crippen molar-refractivity contribution < 1.29 is 14.3 Å². The van der Waals surface area contributed by atoms with Crippen LogP contribution < -0.4 is 14.8 Å². The summed E-state index contributed by atoms with van der Waals surface area (Å²) in [6.45, 7) is 0.251. The Morgan fingerprint density at radius 2 is 2.04 bits per heavy atom. The third kappa shape index (κ3) is 3.75. The first-order valence-corrected chi connectivity index (χ1v) is 8.02. The van der Waals surface area contributed by atoms with Crippen molar-refractivity contribution in [3.63, 3.8) is 0 Å². The predicted octanol–water partition coefficient (Wildman–Crippen LogP) is 2.26. The number of amides is 1. The topological polar surface area (TPSA) is 91.2 Å². The molecule has 0 saturated heterocycles. The molecule has 1 N–H and O–H groups in total. The van der Waals surface area contributed by atoms with E-state index in [-0.39, 0.29) is 12.5 Å². The Morgan fingerprint density at radius 3 is 2.73 bits per heavy atom. The van der Waals surface area contributed by atoms with Crippen LogP contribution in [-0.4, -0.2) is 40.3 Å². The van der Waals surface area contributed by atoms with Gasteiger partial charge in [-0.1, -0.05) is 11.6 Å². The van der Waals surface area contributed by atoms with E-state index in [1.54, 1.807) is 50.6 Å². The van der Waals surface area contributed by atoms with E-state index < -0.39 is 0 Å². The minimum atomic E-state index is -0.317. The van der Waals surface area contributed by atoms with Crippen molar-refractivity contribution in [1.29, 1.82) is 0 Å². The summed E-state index contributed by atoms with van der Waals surface area (Å²) in [5.41, 5.74) is 1.66. The zero-order chi connectivity index (χ0) is 18.5. The number of ether oxygens (including phenoxy) is 2. The number of nitrogens with zero attached hydrogens (tertiary/aromatic N) is 4. The summed E-state index contributed by atoms with van der Waals surface area (Å²) >= 11 is 6.05. The van der Waals surface area contributed by atoms with Crippen molar-refractivity contribution >= 4 is 17.5 Å². The van der Waals surface area contributed by atoms with E-state index in [1.807, 2.05) is 0 Å². The maximum absolute atomic E-state index is 12.7. The molecule has 9 heteroatoms. The van der Waals surface area contributed by atoms with E-state index in [0.29, 0.717) is 27.8 Å². The Kier molecular flexibility index (Phi) is 5.33. The van der Waals surface area contributed by atoms with E-state index in [9.17, 15) is 4.79 Å². The standard InChI is InChI=1S/C17H16ClN5O3/c1-25-13-4-6-16(26-2)11(7-13)9-19-17(24)14-8-12(18)3-5-15(14)23-10-20-21-22-23/h3-8,10H,9H2,1-2H3,(H,19,24). The molecule has 0 saturated carbocycles. The molecule has 0 unspecified atom stereocenters. The van der Waals surface area contributed by atoms with Gasteiger partial charge in [0.2, 0.25) is 0 Å². The number of nitrogens with one attached hydrogen (secondary N) is 1. The van der Waals surface area contributed by atoms with Gasteiger partial charge >= 0.3 is 0 Å². The highest BCUT2D eigenvalue weighted by molar-refractivity contribution is 6.31. The fourth-order valence-corrected chi connectivity index (χ4v) is 2.62. The molecule has 26 heavy (non-hydrogen) atoms. The molecule has 1 aromatic heterocycles. The number of rotatable bonds is 6. The Bertz CT molecular complexity index is 915. The van der Waals surface area contributed by atoms with E-state index in [0.717, 1.165) is 5.56 Å². The van der Waals surface area contributed by atoms with Gasteiger partial charge in [0.1, 0.15) is 17.8 Å². The van der Waals surface area contributed by atoms with Gasteiger partial charge in [0.15, 0.2) is 0 Å². The second-order valence-electron chi connectivity index (χ2n) is 5.28. The van der Waals surface area contributed by atoms with Gasteiger partial charge in [-0.2, -0.15) is 4.68 Å². The minimum Gasteiger partial charge on any atom is -0.497 e. The lowest BCUT2D eigenvalue weighted by Gasteiger charge is -2.13. The quantitative estimate of drug-likeness (QED) is 0.712. The van der Waals surface area contributed by atoms with Gasteiger partial charge in [0.25, 0.3) is 5.91 Å². The number of benzene rings is 2. The first kappa shape index (κ1) is 17.7. The van der Waals surface area contributed by atoms with Gasteiger partial charge in [0.05, 0.1) is 25.5 Å².